The lowest BCUT2D eigenvalue weighted by Crippen LogP contribution is -2.08. The quantitative estimate of drug-likeness (QED) is 0.331. The zero-order chi connectivity index (χ0) is 19.8. The summed E-state index contributed by atoms with van der Waals surface area (Å²) in [4.78, 5) is 3.85. The number of aryl methyl sites for hydroxylation is 2. The molecule has 1 nitrogen and oxygen atoms in total. The van der Waals surface area contributed by atoms with E-state index in [1.54, 1.807) is 0 Å². The van der Waals surface area contributed by atoms with Gasteiger partial charge in [-0.25, -0.2) is 0 Å². The van der Waals surface area contributed by atoms with E-state index in [1.165, 1.54) is 64.5 Å². The molecule has 3 rings (SSSR count). The van der Waals surface area contributed by atoms with Gasteiger partial charge >= 0.3 is 0 Å². The third kappa shape index (κ3) is 5.36. The van der Waals surface area contributed by atoms with Gasteiger partial charge < -0.3 is 4.90 Å². The van der Waals surface area contributed by atoms with Gasteiger partial charge in [0.15, 0.2) is 0 Å². The van der Waals surface area contributed by atoms with Crippen molar-refractivity contribution >= 4 is 33.8 Å². The number of hydrogen-bond donors (Lipinski definition) is 0. The van der Waals surface area contributed by atoms with Crippen LogP contribution in [0.25, 0.3) is 6.08 Å². The fraction of sp³-hybridized carbons (Fsp3) is 0.308. The summed E-state index contributed by atoms with van der Waals surface area (Å²) < 4.78 is 0. The molecular formula is C26H31NS. The van der Waals surface area contributed by atoms with Crippen molar-refractivity contribution in [2.75, 3.05) is 4.90 Å². The van der Waals surface area contributed by atoms with E-state index in [2.05, 4.69) is 98.5 Å². The molecule has 0 aliphatic heterocycles. The highest BCUT2D eigenvalue weighted by Gasteiger charge is 2.14. The van der Waals surface area contributed by atoms with E-state index in [0.717, 1.165) is 0 Å². The van der Waals surface area contributed by atoms with Gasteiger partial charge in [0, 0.05) is 16.3 Å². The van der Waals surface area contributed by atoms with E-state index >= 15 is 0 Å². The number of hydrogen-bond acceptors (Lipinski definition) is 2. The average molecular weight is 390 g/mol. The highest BCUT2D eigenvalue weighted by molar-refractivity contribution is 7.16. The summed E-state index contributed by atoms with van der Waals surface area (Å²) in [6.07, 6.45) is 10.7. The lowest BCUT2D eigenvalue weighted by molar-refractivity contribution is 0.670. The van der Waals surface area contributed by atoms with Crippen molar-refractivity contribution in [3.05, 3.63) is 82.7 Å². The van der Waals surface area contributed by atoms with Gasteiger partial charge in [-0.2, -0.15) is 0 Å². The van der Waals surface area contributed by atoms with Crippen molar-refractivity contribution < 1.29 is 0 Å². The summed E-state index contributed by atoms with van der Waals surface area (Å²) in [7, 11) is 0. The molecular weight excluding hydrogens is 358 g/mol. The number of unbranched alkanes of at least 4 members (excludes halogenated alkanes) is 3. The fourth-order valence-corrected chi connectivity index (χ4v) is 4.46. The van der Waals surface area contributed by atoms with Crippen LogP contribution in [0.2, 0.25) is 0 Å². The first-order valence-corrected chi connectivity index (χ1v) is 11.2. The highest BCUT2D eigenvalue weighted by Crippen LogP contribution is 2.39. The topological polar surface area (TPSA) is 3.24 Å². The number of rotatable bonds is 9. The predicted molar refractivity (Wildman–Crippen MR) is 126 cm³/mol. The molecule has 0 aliphatic rings. The Morgan fingerprint density at radius 1 is 0.821 bits per heavy atom. The Balaban J connectivity index is 1.88. The molecule has 2 heteroatoms. The molecule has 1 aromatic heterocycles. The normalized spacial score (nSPS) is 11.2. The van der Waals surface area contributed by atoms with Crippen LogP contribution in [0.1, 0.15) is 55.5 Å². The molecule has 28 heavy (non-hydrogen) atoms. The standard InChI is InChI=1S/C26H31NS/c1-4-6-7-8-10-25-19-20-26(28-25)27(23-15-11-21(3)12-16-23)24-17-13-22(9-5-2)14-18-24/h5,9,11-20H,4,6-8,10H2,1-3H3. The van der Waals surface area contributed by atoms with Crippen LogP contribution in [0.4, 0.5) is 16.4 Å². The van der Waals surface area contributed by atoms with Crippen molar-refractivity contribution in [2.24, 2.45) is 0 Å². The van der Waals surface area contributed by atoms with Crippen LogP contribution < -0.4 is 4.90 Å². The Bertz CT molecular complexity index is 872. The molecule has 0 fully saturated rings. The summed E-state index contributed by atoms with van der Waals surface area (Å²) in [5.74, 6) is 0. The molecule has 0 saturated heterocycles. The maximum atomic E-state index is 2.37. The molecule has 0 atom stereocenters. The van der Waals surface area contributed by atoms with Crippen LogP contribution in [-0.4, -0.2) is 0 Å². The molecule has 0 bridgehead atoms. The molecule has 1 heterocycles. The number of benzene rings is 2. The van der Waals surface area contributed by atoms with E-state index in [0.29, 0.717) is 0 Å². The lowest BCUT2D eigenvalue weighted by Gasteiger charge is -2.24. The Morgan fingerprint density at radius 2 is 1.50 bits per heavy atom. The Kier molecular flexibility index (Phi) is 7.50. The number of thiophene rings is 1. The van der Waals surface area contributed by atoms with E-state index in [9.17, 15) is 0 Å². The third-order valence-electron chi connectivity index (χ3n) is 4.95. The fourth-order valence-electron chi connectivity index (χ4n) is 3.37. The van der Waals surface area contributed by atoms with Crippen LogP contribution in [0, 0.1) is 6.92 Å². The summed E-state index contributed by atoms with van der Waals surface area (Å²) in [5.41, 5.74) is 4.94. The van der Waals surface area contributed by atoms with Crippen molar-refractivity contribution in [1.82, 2.24) is 0 Å². The van der Waals surface area contributed by atoms with E-state index in [-0.39, 0.29) is 0 Å². The smallest absolute Gasteiger partial charge is 0.100 e. The van der Waals surface area contributed by atoms with Crippen LogP contribution in [0.5, 0.6) is 0 Å². The van der Waals surface area contributed by atoms with Gasteiger partial charge in [0.05, 0.1) is 0 Å². The molecule has 3 aromatic rings. The van der Waals surface area contributed by atoms with E-state index in [1.807, 2.05) is 11.3 Å². The first-order chi connectivity index (χ1) is 13.7. The molecule has 0 amide bonds. The minimum absolute atomic E-state index is 1.19. The predicted octanol–water partition coefficient (Wildman–Crippen LogP) is 8.68. The maximum Gasteiger partial charge on any atom is 0.100 e. The van der Waals surface area contributed by atoms with E-state index < -0.39 is 0 Å². The lowest BCUT2D eigenvalue weighted by atomic mass is 10.1. The number of anilines is 3. The first-order valence-electron chi connectivity index (χ1n) is 10.4. The third-order valence-corrected chi connectivity index (χ3v) is 6.08. The number of allylic oxidation sites excluding steroid dienone is 1. The van der Waals surface area contributed by atoms with Crippen molar-refractivity contribution in [1.29, 1.82) is 0 Å². The zero-order valence-corrected chi connectivity index (χ0v) is 18.1. The summed E-state index contributed by atoms with van der Waals surface area (Å²) in [6, 6.07) is 22.2. The summed E-state index contributed by atoms with van der Waals surface area (Å²) in [5, 5.41) is 1.29. The second kappa shape index (κ2) is 10.3. The molecule has 0 saturated carbocycles. The minimum atomic E-state index is 1.19. The van der Waals surface area contributed by atoms with Gasteiger partial charge in [-0.15, -0.1) is 11.3 Å². The largest absolute Gasteiger partial charge is 0.302 e. The van der Waals surface area contributed by atoms with Gasteiger partial charge in [0.1, 0.15) is 5.00 Å². The van der Waals surface area contributed by atoms with Crippen molar-refractivity contribution in [3.8, 4) is 0 Å². The molecule has 0 radical (unpaired) electrons. The SMILES string of the molecule is CC=Cc1ccc(N(c2ccc(C)cc2)c2ccc(CCCCCC)s2)cc1. The van der Waals surface area contributed by atoms with Gasteiger partial charge in [-0.1, -0.05) is 68.2 Å². The van der Waals surface area contributed by atoms with Gasteiger partial charge in [-0.3, -0.25) is 0 Å². The Labute approximate surface area is 174 Å². The summed E-state index contributed by atoms with van der Waals surface area (Å²) >= 11 is 1.92. The summed E-state index contributed by atoms with van der Waals surface area (Å²) in [6.45, 7) is 6.46. The van der Waals surface area contributed by atoms with Crippen LogP contribution in [-0.2, 0) is 6.42 Å². The number of nitrogens with zero attached hydrogens (tertiary/aromatic N) is 1. The molecule has 0 spiro atoms. The van der Waals surface area contributed by atoms with Crippen molar-refractivity contribution in [2.45, 2.75) is 52.9 Å². The minimum Gasteiger partial charge on any atom is -0.302 e. The maximum absolute atomic E-state index is 2.37. The second-order valence-electron chi connectivity index (χ2n) is 7.31. The van der Waals surface area contributed by atoms with E-state index in [4.69, 9.17) is 0 Å². The molecule has 0 N–H and O–H groups in total. The molecule has 0 aliphatic carbocycles. The van der Waals surface area contributed by atoms with Gasteiger partial charge in [-0.05, 0) is 68.7 Å². The van der Waals surface area contributed by atoms with Crippen LogP contribution in [0.15, 0.2) is 66.7 Å². The Morgan fingerprint density at radius 3 is 2.14 bits per heavy atom. The monoisotopic (exact) mass is 389 g/mol. The highest BCUT2D eigenvalue weighted by atomic mass is 32.1. The van der Waals surface area contributed by atoms with Gasteiger partial charge in [0.2, 0.25) is 0 Å². The van der Waals surface area contributed by atoms with Crippen LogP contribution in [0.3, 0.4) is 0 Å². The second-order valence-corrected chi connectivity index (χ2v) is 8.46. The zero-order valence-electron chi connectivity index (χ0n) is 17.3. The molecule has 0 unspecified atom stereocenters. The first kappa shape index (κ1) is 20.4. The van der Waals surface area contributed by atoms with Crippen molar-refractivity contribution in [3.63, 3.8) is 0 Å². The molecule has 146 valence electrons. The van der Waals surface area contributed by atoms with Crippen LogP contribution >= 0.6 is 11.3 Å². The molecule has 2 aromatic carbocycles. The average Bonchev–Trinajstić information content (AvgIpc) is 3.17. The Hall–Kier alpha value is -2.32. The van der Waals surface area contributed by atoms with Gasteiger partial charge in [0.25, 0.3) is 0 Å².